The molecule has 108 valence electrons. The zero-order valence-corrected chi connectivity index (χ0v) is 13.0. The second kappa shape index (κ2) is 5.26. The summed E-state index contributed by atoms with van der Waals surface area (Å²) in [4.78, 5) is 0. The van der Waals surface area contributed by atoms with Crippen molar-refractivity contribution < 1.29 is 13.9 Å². The summed E-state index contributed by atoms with van der Waals surface area (Å²) in [5.41, 5.74) is 0.354. The number of aromatic nitrogens is 2. The third-order valence-corrected chi connectivity index (χ3v) is 4.29. The predicted octanol–water partition coefficient (Wildman–Crippen LogP) is 3.22. The Kier molecular flexibility index (Phi) is 3.97. The monoisotopic (exact) mass is 344 g/mol. The lowest BCUT2D eigenvalue weighted by atomic mass is 9.91. The van der Waals surface area contributed by atoms with E-state index in [9.17, 15) is 13.9 Å². The zero-order chi connectivity index (χ0) is 15.1. The highest BCUT2D eigenvalue weighted by Crippen LogP contribution is 2.30. The van der Waals surface area contributed by atoms with E-state index in [1.165, 1.54) is 6.92 Å². The van der Waals surface area contributed by atoms with Gasteiger partial charge in [0.25, 0.3) is 0 Å². The first-order chi connectivity index (χ1) is 9.20. The van der Waals surface area contributed by atoms with Crippen LogP contribution in [0.15, 0.2) is 22.7 Å². The van der Waals surface area contributed by atoms with E-state index < -0.39 is 17.2 Å². The van der Waals surface area contributed by atoms with Crippen LogP contribution in [0.2, 0.25) is 0 Å². The van der Waals surface area contributed by atoms with E-state index in [0.717, 1.165) is 34.1 Å². The molecule has 0 fully saturated rings. The van der Waals surface area contributed by atoms with Gasteiger partial charge in [0.1, 0.15) is 11.6 Å². The molecule has 0 aliphatic rings. The third kappa shape index (κ3) is 2.91. The molecule has 0 bridgehead atoms. The van der Waals surface area contributed by atoms with E-state index in [0.29, 0.717) is 0 Å². The minimum absolute atomic E-state index is 0.188. The molecular weight excluding hydrogens is 330 g/mol. The Labute approximate surface area is 124 Å². The topological polar surface area (TPSA) is 38.0 Å². The van der Waals surface area contributed by atoms with E-state index in [2.05, 4.69) is 21.0 Å². The van der Waals surface area contributed by atoms with Gasteiger partial charge in [-0.05, 0) is 47.5 Å². The SMILES string of the molecule is Cc1nn(C)c(CC(C)(O)c2cc(F)cc(F)c2)c1Br. The minimum Gasteiger partial charge on any atom is -0.385 e. The van der Waals surface area contributed by atoms with Crippen molar-refractivity contribution in [2.24, 2.45) is 7.05 Å². The number of rotatable bonds is 3. The van der Waals surface area contributed by atoms with Gasteiger partial charge >= 0.3 is 0 Å². The lowest BCUT2D eigenvalue weighted by Gasteiger charge is -2.24. The van der Waals surface area contributed by atoms with E-state index in [1.807, 2.05) is 6.92 Å². The molecule has 0 radical (unpaired) electrons. The van der Waals surface area contributed by atoms with Gasteiger partial charge < -0.3 is 5.11 Å². The molecule has 0 aliphatic carbocycles. The zero-order valence-electron chi connectivity index (χ0n) is 11.4. The highest BCUT2D eigenvalue weighted by molar-refractivity contribution is 9.10. The second-order valence-electron chi connectivity index (χ2n) is 5.08. The number of halogens is 3. The summed E-state index contributed by atoms with van der Waals surface area (Å²) in [6.07, 6.45) is 0.188. The van der Waals surface area contributed by atoms with E-state index in [-0.39, 0.29) is 12.0 Å². The maximum atomic E-state index is 13.3. The molecule has 20 heavy (non-hydrogen) atoms. The van der Waals surface area contributed by atoms with Crippen molar-refractivity contribution in [3.8, 4) is 0 Å². The van der Waals surface area contributed by atoms with Crippen LogP contribution < -0.4 is 0 Å². The van der Waals surface area contributed by atoms with Gasteiger partial charge in [0, 0.05) is 19.5 Å². The first-order valence-electron chi connectivity index (χ1n) is 6.07. The second-order valence-corrected chi connectivity index (χ2v) is 5.87. The highest BCUT2D eigenvalue weighted by Gasteiger charge is 2.28. The molecule has 2 aromatic rings. The van der Waals surface area contributed by atoms with Crippen LogP contribution in [0, 0.1) is 18.6 Å². The van der Waals surface area contributed by atoms with Gasteiger partial charge in [0.2, 0.25) is 0 Å². The number of nitrogens with zero attached hydrogens (tertiary/aromatic N) is 2. The summed E-state index contributed by atoms with van der Waals surface area (Å²) < 4.78 is 29.0. The molecule has 0 aliphatic heterocycles. The molecule has 2 rings (SSSR count). The molecule has 1 aromatic heterocycles. The van der Waals surface area contributed by atoms with Crippen LogP contribution in [0.1, 0.15) is 23.9 Å². The quantitative estimate of drug-likeness (QED) is 0.928. The molecule has 1 aromatic carbocycles. The van der Waals surface area contributed by atoms with Gasteiger partial charge in [-0.1, -0.05) is 0 Å². The molecule has 0 amide bonds. The van der Waals surface area contributed by atoms with Crippen LogP contribution in [-0.2, 0) is 19.1 Å². The molecule has 1 heterocycles. The fraction of sp³-hybridized carbons (Fsp3) is 0.357. The largest absolute Gasteiger partial charge is 0.385 e. The van der Waals surface area contributed by atoms with E-state index in [1.54, 1.807) is 11.7 Å². The lowest BCUT2D eigenvalue weighted by Crippen LogP contribution is -2.26. The van der Waals surface area contributed by atoms with Crippen LogP contribution in [0.5, 0.6) is 0 Å². The van der Waals surface area contributed by atoms with Gasteiger partial charge in [0.15, 0.2) is 0 Å². The molecule has 1 atom stereocenters. The van der Waals surface area contributed by atoms with Gasteiger partial charge in [-0.25, -0.2) is 8.78 Å². The van der Waals surface area contributed by atoms with Gasteiger partial charge in [0.05, 0.1) is 21.5 Å². The number of aryl methyl sites for hydroxylation is 2. The number of hydrogen-bond donors (Lipinski definition) is 1. The molecular formula is C14H15BrF2N2O. The average Bonchev–Trinajstić information content (AvgIpc) is 2.54. The van der Waals surface area contributed by atoms with Crippen molar-refractivity contribution in [2.75, 3.05) is 0 Å². The van der Waals surface area contributed by atoms with Gasteiger partial charge in [-0.3, -0.25) is 4.68 Å². The number of hydrogen-bond acceptors (Lipinski definition) is 2. The Morgan fingerprint density at radius 1 is 1.30 bits per heavy atom. The Morgan fingerprint density at radius 2 is 1.85 bits per heavy atom. The molecule has 3 nitrogen and oxygen atoms in total. The van der Waals surface area contributed by atoms with Gasteiger partial charge in [-0.2, -0.15) is 5.10 Å². The van der Waals surface area contributed by atoms with Crippen molar-refractivity contribution in [2.45, 2.75) is 25.9 Å². The summed E-state index contributed by atoms with van der Waals surface area (Å²) >= 11 is 3.41. The fourth-order valence-electron chi connectivity index (χ4n) is 2.17. The first kappa shape index (κ1) is 15.1. The van der Waals surface area contributed by atoms with Crippen LogP contribution in [-0.4, -0.2) is 14.9 Å². The summed E-state index contributed by atoms with van der Waals surface area (Å²) in [5.74, 6) is -1.42. The Bertz CT molecular complexity index is 633. The maximum absolute atomic E-state index is 13.3. The van der Waals surface area contributed by atoms with Crippen LogP contribution >= 0.6 is 15.9 Å². The third-order valence-electron chi connectivity index (χ3n) is 3.26. The normalized spacial score (nSPS) is 14.3. The van der Waals surface area contributed by atoms with Crippen molar-refractivity contribution >= 4 is 15.9 Å². The van der Waals surface area contributed by atoms with Crippen molar-refractivity contribution in [3.63, 3.8) is 0 Å². The molecule has 0 saturated carbocycles. The Hall–Kier alpha value is -1.27. The minimum atomic E-state index is -1.40. The molecule has 6 heteroatoms. The molecule has 1 N–H and O–H groups in total. The summed E-state index contributed by atoms with van der Waals surface area (Å²) in [5, 5.41) is 14.8. The summed E-state index contributed by atoms with van der Waals surface area (Å²) in [7, 11) is 1.76. The summed E-state index contributed by atoms with van der Waals surface area (Å²) in [6.45, 7) is 3.36. The van der Waals surface area contributed by atoms with E-state index in [4.69, 9.17) is 0 Å². The maximum Gasteiger partial charge on any atom is 0.126 e. The van der Waals surface area contributed by atoms with Crippen molar-refractivity contribution in [1.82, 2.24) is 9.78 Å². The van der Waals surface area contributed by atoms with E-state index >= 15 is 0 Å². The molecule has 0 spiro atoms. The Morgan fingerprint density at radius 3 is 2.30 bits per heavy atom. The first-order valence-corrected chi connectivity index (χ1v) is 6.87. The average molecular weight is 345 g/mol. The smallest absolute Gasteiger partial charge is 0.126 e. The number of aliphatic hydroxyl groups is 1. The lowest BCUT2D eigenvalue weighted by molar-refractivity contribution is 0.0547. The Balaban J connectivity index is 2.40. The van der Waals surface area contributed by atoms with Crippen LogP contribution in [0.25, 0.3) is 0 Å². The van der Waals surface area contributed by atoms with Crippen molar-refractivity contribution in [1.29, 1.82) is 0 Å². The van der Waals surface area contributed by atoms with Gasteiger partial charge in [-0.15, -0.1) is 0 Å². The summed E-state index contributed by atoms with van der Waals surface area (Å²) in [6, 6.07) is 3.06. The molecule has 1 unspecified atom stereocenters. The highest BCUT2D eigenvalue weighted by atomic mass is 79.9. The van der Waals surface area contributed by atoms with Crippen LogP contribution in [0.4, 0.5) is 8.78 Å². The number of benzene rings is 1. The standard InChI is InChI=1S/C14H15BrF2N2O/c1-8-13(15)12(19(3)18-8)7-14(2,20)9-4-10(16)6-11(17)5-9/h4-6,20H,7H2,1-3H3. The molecule has 0 saturated heterocycles. The van der Waals surface area contributed by atoms with Crippen molar-refractivity contribution in [3.05, 3.63) is 51.3 Å². The predicted molar refractivity (Wildman–Crippen MR) is 75.3 cm³/mol. The van der Waals surface area contributed by atoms with Crippen LogP contribution in [0.3, 0.4) is 0 Å². The fourth-order valence-corrected chi connectivity index (χ4v) is 2.64.